The van der Waals surface area contributed by atoms with Gasteiger partial charge in [-0.2, -0.15) is 0 Å². The molecule has 0 aromatic carbocycles. The van der Waals surface area contributed by atoms with Crippen LogP contribution >= 0.6 is 15.9 Å². The van der Waals surface area contributed by atoms with E-state index in [4.69, 9.17) is 0 Å². The molecule has 1 saturated heterocycles. The lowest BCUT2D eigenvalue weighted by Crippen LogP contribution is -2.48. The first-order valence-corrected chi connectivity index (χ1v) is 6.77. The van der Waals surface area contributed by atoms with Gasteiger partial charge in [-0.15, -0.1) is 0 Å². The second kappa shape index (κ2) is 4.88. The molecule has 3 nitrogen and oxygen atoms in total. The summed E-state index contributed by atoms with van der Waals surface area (Å²) in [6.45, 7) is 6.12. The van der Waals surface area contributed by atoms with Crippen molar-refractivity contribution in [2.24, 2.45) is 11.3 Å². The van der Waals surface area contributed by atoms with Gasteiger partial charge in [-0.25, -0.2) is 0 Å². The Morgan fingerprint density at radius 1 is 1.56 bits per heavy atom. The molecule has 2 aliphatic rings. The van der Waals surface area contributed by atoms with Crippen molar-refractivity contribution in [2.75, 3.05) is 19.6 Å². The number of nitrogens with one attached hydrogen (secondary N) is 2. The molecule has 0 radical (unpaired) electrons. The van der Waals surface area contributed by atoms with Crippen LogP contribution in [0.5, 0.6) is 0 Å². The van der Waals surface area contributed by atoms with Gasteiger partial charge in [0.2, 0.25) is 5.91 Å². The van der Waals surface area contributed by atoms with Gasteiger partial charge in [0.15, 0.2) is 0 Å². The minimum absolute atomic E-state index is 0.138. The summed E-state index contributed by atoms with van der Waals surface area (Å²) < 4.78 is 0.829. The van der Waals surface area contributed by atoms with E-state index in [-0.39, 0.29) is 11.3 Å². The number of carbonyl (C=O) groups is 1. The molecule has 16 heavy (non-hydrogen) atoms. The fraction of sp³-hybridized carbons (Fsp3) is 0.750. The Hall–Kier alpha value is -0.350. The quantitative estimate of drug-likeness (QED) is 0.831. The van der Waals surface area contributed by atoms with Crippen LogP contribution in [0.1, 0.15) is 25.7 Å². The van der Waals surface area contributed by atoms with Crippen LogP contribution in [-0.4, -0.2) is 25.5 Å². The Bertz CT molecular complexity index is 305. The summed E-state index contributed by atoms with van der Waals surface area (Å²) in [5.41, 5.74) is -0.138. The highest BCUT2D eigenvalue weighted by molar-refractivity contribution is 9.11. The maximum absolute atomic E-state index is 12.3. The van der Waals surface area contributed by atoms with Crippen molar-refractivity contribution in [3.8, 4) is 0 Å². The van der Waals surface area contributed by atoms with Crippen molar-refractivity contribution in [1.82, 2.24) is 10.6 Å². The highest BCUT2D eigenvalue weighted by atomic mass is 79.9. The largest absolute Gasteiger partial charge is 0.351 e. The number of fused-ring (bicyclic) bond motifs is 1. The second-order valence-electron chi connectivity index (χ2n) is 4.93. The molecule has 2 rings (SSSR count). The average Bonchev–Trinajstić information content (AvgIpc) is 2.70. The number of hydrogen-bond acceptors (Lipinski definition) is 2. The Labute approximate surface area is 105 Å². The third-order valence-electron chi connectivity index (χ3n) is 3.93. The normalized spacial score (nSPS) is 33.2. The number of amides is 1. The molecule has 1 aliphatic carbocycles. The number of halogens is 1. The summed E-state index contributed by atoms with van der Waals surface area (Å²) in [6, 6.07) is 0. The van der Waals surface area contributed by atoms with E-state index in [2.05, 4.69) is 33.1 Å². The van der Waals surface area contributed by atoms with Gasteiger partial charge >= 0.3 is 0 Å². The first-order chi connectivity index (χ1) is 7.65. The summed E-state index contributed by atoms with van der Waals surface area (Å²) >= 11 is 3.27. The van der Waals surface area contributed by atoms with Crippen molar-refractivity contribution in [1.29, 1.82) is 0 Å². The van der Waals surface area contributed by atoms with Crippen molar-refractivity contribution in [3.05, 3.63) is 11.1 Å². The zero-order valence-corrected chi connectivity index (χ0v) is 11.1. The summed E-state index contributed by atoms with van der Waals surface area (Å²) in [6.07, 6.45) is 4.67. The van der Waals surface area contributed by atoms with Gasteiger partial charge in [0.25, 0.3) is 0 Å². The Kier molecular flexibility index (Phi) is 3.70. The summed E-state index contributed by atoms with van der Waals surface area (Å²) in [5, 5.41) is 6.37. The lowest BCUT2D eigenvalue weighted by molar-refractivity contribution is -0.133. The highest BCUT2D eigenvalue weighted by Crippen LogP contribution is 2.43. The van der Waals surface area contributed by atoms with Crippen molar-refractivity contribution >= 4 is 21.8 Å². The summed E-state index contributed by atoms with van der Waals surface area (Å²) in [4.78, 5) is 12.3. The van der Waals surface area contributed by atoms with E-state index in [9.17, 15) is 4.79 Å². The van der Waals surface area contributed by atoms with E-state index >= 15 is 0 Å². The zero-order chi connectivity index (χ0) is 11.6. The predicted molar refractivity (Wildman–Crippen MR) is 68.3 cm³/mol. The van der Waals surface area contributed by atoms with Gasteiger partial charge in [-0.3, -0.25) is 4.79 Å². The van der Waals surface area contributed by atoms with Crippen LogP contribution in [0.25, 0.3) is 0 Å². The third-order valence-corrected chi connectivity index (χ3v) is 4.21. The van der Waals surface area contributed by atoms with E-state index in [1.807, 2.05) is 0 Å². The fourth-order valence-corrected chi connectivity index (χ4v) is 3.18. The zero-order valence-electron chi connectivity index (χ0n) is 9.52. The lowest BCUT2D eigenvalue weighted by Gasteiger charge is -2.37. The third kappa shape index (κ3) is 2.18. The number of carbonyl (C=O) groups excluding carboxylic acids is 1. The number of rotatable bonds is 3. The van der Waals surface area contributed by atoms with Gasteiger partial charge < -0.3 is 10.6 Å². The van der Waals surface area contributed by atoms with Crippen LogP contribution in [0.3, 0.4) is 0 Å². The molecule has 90 valence electrons. The first-order valence-electron chi connectivity index (χ1n) is 5.97. The molecule has 0 aromatic heterocycles. The van der Waals surface area contributed by atoms with Crippen LogP contribution in [-0.2, 0) is 4.79 Å². The first kappa shape index (κ1) is 12.1. The molecule has 1 saturated carbocycles. The van der Waals surface area contributed by atoms with E-state index < -0.39 is 0 Å². The highest BCUT2D eigenvalue weighted by Gasteiger charge is 2.49. The van der Waals surface area contributed by atoms with Gasteiger partial charge in [-0.05, 0) is 25.3 Å². The molecule has 1 heterocycles. The maximum atomic E-state index is 12.3. The molecule has 0 unspecified atom stereocenters. The summed E-state index contributed by atoms with van der Waals surface area (Å²) in [7, 11) is 0. The van der Waals surface area contributed by atoms with E-state index in [1.165, 1.54) is 19.3 Å². The van der Waals surface area contributed by atoms with Gasteiger partial charge in [0.05, 0.1) is 5.41 Å². The van der Waals surface area contributed by atoms with Gasteiger partial charge in [-0.1, -0.05) is 35.4 Å². The SMILES string of the molecule is C=C(Br)CNC(=O)[C@@]12CCCC[C@H]1CNC2. The molecule has 2 atom stereocenters. The average molecular weight is 287 g/mol. The Balaban J connectivity index is 2.04. The molecule has 2 fully saturated rings. The standard InChI is InChI=1S/C12H19BrN2O/c1-9(13)6-15-11(16)12-5-3-2-4-10(12)7-14-8-12/h10,14H,1-8H2,(H,15,16)/t10-,12+/m0/s1. The summed E-state index contributed by atoms with van der Waals surface area (Å²) in [5.74, 6) is 0.743. The molecule has 2 N–H and O–H groups in total. The van der Waals surface area contributed by atoms with Crippen LogP contribution < -0.4 is 10.6 Å². The van der Waals surface area contributed by atoms with Gasteiger partial charge in [0, 0.05) is 17.6 Å². The molecular weight excluding hydrogens is 268 g/mol. The minimum Gasteiger partial charge on any atom is -0.351 e. The minimum atomic E-state index is -0.138. The van der Waals surface area contributed by atoms with E-state index in [1.54, 1.807) is 0 Å². The maximum Gasteiger partial charge on any atom is 0.228 e. The fourth-order valence-electron chi connectivity index (χ4n) is 3.04. The van der Waals surface area contributed by atoms with Crippen molar-refractivity contribution in [2.45, 2.75) is 25.7 Å². The molecule has 0 spiro atoms. The molecule has 1 aliphatic heterocycles. The van der Waals surface area contributed by atoms with Crippen LogP contribution in [0.2, 0.25) is 0 Å². The van der Waals surface area contributed by atoms with Crippen LogP contribution in [0, 0.1) is 11.3 Å². The monoisotopic (exact) mass is 286 g/mol. The van der Waals surface area contributed by atoms with Crippen LogP contribution in [0.4, 0.5) is 0 Å². The second-order valence-corrected chi connectivity index (χ2v) is 6.05. The van der Waals surface area contributed by atoms with Gasteiger partial charge in [0.1, 0.15) is 0 Å². The Morgan fingerprint density at radius 3 is 3.12 bits per heavy atom. The van der Waals surface area contributed by atoms with Crippen molar-refractivity contribution in [3.63, 3.8) is 0 Å². The molecule has 0 bridgehead atoms. The van der Waals surface area contributed by atoms with E-state index in [0.29, 0.717) is 12.5 Å². The number of hydrogen-bond donors (Lipinski definition) is 2. The molecular formula is C12H19BrN2O. The van der Waals surface area contributed by atoms with E-state index in [0.717, 1.165) is 24.0 Å². The van der Waals surface area contributed by atoms with Crippen LogP contribution in [0.15, 0.2) is 11.1 Å². The van der Waals surface area contributed by atoms with Crippen molar-refractivity contribution < 1.29 is 4.79 Å². The lowest BCUT2D eigenvalue weighted by atomic mass is 9.67. The topological polar surface area (TPSA) is 41.1 Å². The smallest absolute Gasteiger partial charge is 0.228 e. The Morgan fingerprint density at radius 2 is 2.38 bits per heavy atom. The predicted octanol–water partition coefficient (Wildman–Crippen LogP) is 1.79. The molecule has 0 aromatic rings. The molecule has 1 amide bonds. The molecule has 4 heteroatoms.